The van der Waals surface area contributed by atoms with Gasteiger partial charge in [0.25, 0.3) is 0 Å². The van der Waals surface area contributed by atoms with Crippen LogP contribution in [0, 0.1) is 5.92 Å². The third kappa shape index (κ3) is 2.37. The largest absolute Gasteiger partial charge is 0.511 e. The molecule has 0 saturated heterocycles. The number of hydrogen-bond acceptors (Lipinski definition) is 2. The second-order valence-electron chi connectivity index (χ2n) is 6.64. The lowest BCUT2D eigenvalue weighted by Crippen LogP contribution is -2.10. The highest BCUT2D eigenvalue weighted by Crippen LogP contribution is 2.75. The fraction of sp³-hybridized carbons (Fsp3) is 0.300. The number of aliphatic hydroxyl groups is 1. The van der Waals surface area contributed by atoms with E-state index in [2.05, 4.69) is 0 Å². The zero-order valence-corrected chi connectivity index (χ0v) is 14.0. The van der Waals surface area contributed by atoms with Gasteiger partial charge < -0.3 is 9.67 Å². The van der Waals surface area contributed by atoms with Gasteiger partial charge >= 0.3 is 0 Å². The molecular weight excluding hydrogens is 303 g/mol. The third-order valence-corrected chi connectivity index (χ3v) is 9.06. The molecule has 0 aromatic heterocycles. The maximum absolute atomic E-state index is 14.1. The second-order valence-corrected chi connectivity index (χ2v) is 9.66. The van der Waals surface area contributed by atoms with E-state index < -0.39 is 7.14 Å². The maximum atomic E-state index is 14.1. The summed E-state index contributed by atoms with van der Waals surface area (Å²) in [5.74, 6) is 0.498. The van der Waals surface area contributed by atoms with Crippen LogP contribution in [0.15, 0.2) is 66.4 Å². The molecule has 1 N–H and O–H groups in total. The number of allylic oxidation sites excluding steroid dienone is 1. The van der Waals surface area contributed by atoms with Crippen LogP contribution in [-0.4, -0.2) is 10.8 Å². The van der Waals surface area contributed by atoms with Gasteiger partial charge in [-0.05, 0) is 24.0 Å². The van der Waals surface area contributed by atoms with Gasteiger partial charge in [0.2, 0.25) is 0 Å². The molecule has 0 amide bonds. The summed E-state index contributed by atoms with van der Waals surface area (Å²) in [6, 6.07) is 19.9. The summed E-state index contributed by atoms with van der Waals surface area (Å²) in [6.07, 6.45) is 3.56. The van der Waals surface area contributed by atoms with Gasteiger partial charge in [-0.3, -0.25) is 0 Å². The molecule has 3 atom stereocenters. The molecule has 2 aromatic carbocycles. The van der Waals surface area contributed by atoms with Crippen LogP contribution < -0.4 is 0 Å². The Labute approximate surface area is 137 Å². The summed E-state index contributed by atoms with van der Waals surface area (Å²) in [4.78, 5) is 0. The van der Waals surface area contributed by atoms with Crippen LogP contribution >= 0.6 is 7.14 Å². The molecule has 4 rings (SSSR count). The van der Waals surface area contributed by atoms with Crippen LogP contribution in [0.3, 0.4) is 0 Å². The van der Waals surface area contributed by atoms with E-state index in [0.29, 0.717) is 11.9 Å². The summed E-state index contributed by atoms with van der Waals surface area (Å²) in [5, 5.41) is 11.6. The predicted molar refractivity (Wildman–Crippen MR) is 94.9 cm³/mol. The quantitative estimate of drug-likeness (QED) is 0.740. The average Bonchev–Trinajstić information content (AvgIpc) is 3.13. The van der Waals surface area contributed by atoms with E-state index in [1.165, 1.54) is 0 Å². The highest BCUT2D eigenvalue weighted by molar-refractivity contribution is 7.74. The third-order valence-electron chi connectivity index (χ3n) is 5.30. The van der Waals surface area contributed by atoms with E-state index >= 15 is 0 Å². The van der Waals surface area contributed by atoms with Gasteiger partial charge in [-0.2, -0.15) is 0 Å². The molecule has 0 spiro atoms. The van der Waals surface area contributed by atoms with Crippen LogP contribution in [0.1, 0.15) is 30.4 Å². The highest BCUT2D eigenvalue weighted by atomic mass is 31.2. The molecular formula is C20H21O2P. The Kier molecular flexibility index (Phi) is 3.66. The SMILES string of the molecule is O=[P@@]1(Cc2ccccc2)C(c2ccccc2)=C(O)[C@H]2CCC[C@@H]21. The number of fused-ring (bicyclic) bond motifs is 1. The van der Waals surface area contributed by atoms with Crippen molar-refractivity contribution in [3.8, 4) is 0 Å². The average molecular weight is 324 g/mol. The van der Waals surface area contributed by atoms with Gasteiger partial charge in [0.15, 0.2) is 0 Å². The Morgan fingerprint density at radius 1 is 0.957 bits per heavy atom. The zero-order valence-electron chi connectivity index (χ0n) is 13.1. The van der Waals surface area contributed by atoms with Gasteiger partial charge in [0, 0.05) is 17.7 Å². The minimum Gasteiger partial charge on any atom is -0.511 e. The van der Waals surface area contributed by atoms with E-state index in [9.17, 15) is 9.67 Å². The molecule has 1 aliphatic carbocycles. The van der Waals surface area contributed by atoms with Crippen molar-refractivity contribution in [1.82, 2.24) is 0 Å². The van der Waals surface area contributed by atoms with Crippen LogP contribution in [0.4, 0.5) is 0 Å². The molecule has 1 fully saturated rings. The van der Waals surface area contributed by atoms with Gasteiger partial charge in [-0.1, -0.05) is 67.1 Å². The molecule has 23 heavy (non-hydrogen) atoms. The lowest BCUT2D eigenvalue weighted by molar-refractivity contribution is 0.343. The predicted octanol–water partition coefficient (Wildman–Crippen LogP) is 5.66. The molecule has 0 unspecified atom stereocenters. The summed E-state index contributed by atoms with van der Waals surface area (Å²) < 4.78 is 14.1. The summed E-state index contributed by atoms with van der Waals surface area (Å²) in [7, 11) is -2.65. The van der Waals surface area contributed by atoms with Crippen LogP contribution in [0.2, 0.25) is 0 Å². The number of aliphatic hydroxyl groups excluding tert-OH is 1. The minimum atomic E-state index is -2.65. The number of rotatable bonds is 3. The second kappa shape index (κ2) is 5.69. The fourth-order valence-corrected chi connectivity index (χ4v) is 8.40. The van der Waals surface area contributed by atoms with E-state index in [4.69, 9.17) is 0 Å². The zero-order chi connectivity index (χ0) is 15.9. The number of hydrogen-bond donors (Lipinski definition) is 1. The Balaban J connectivity index is 1.83. The van der Waals surface area contributed by atoms with Crippen molar-refractivity contribution >= 4 is 12.5 Å². The maximum Gasteiger partial charge on any atom is 0.127 e. The molecule has 1 saturated carbocycles. The van der Waals surface area contributed by atoms with Crippen LogP contribution in [-0.2, 0) is 10.7 Å². The molecule has 1 aliphatic heterocycles. The van der Waals surface area contributed by atoms with Crippen molar-refractivity contribution in [3.05, 3.63) is 77.5 Å². The van der Waals surface area contributed by atoms with Gasteiger partial charge in [0.1, 0.15) is 12.9 Å². The monoisotopic (exact) mass is 324 g/mol. The fourth-order valence-electron chi connectivity index (χ4n) is 4.31. The molecule has 0 radical (unpaired) electrons. The Bertz CT molecular complexity index is 780. The van der Waals surface area contributed by atoms with Crippen molar-refractivity contribution < 1.29 is 9.67 Å². The van der Waals surface area contributed by atoms with Crippen LogP contribution in [0.5, 0.6) is 0 Å². The lowest BCUT2D eigenvalue weighted by atomic mass is 10.0. The van der Waals surface area contributed by atoms with Gasteiger partial charge in [-0.25, -0.2) is 0 Å². The van der Waals surface area contributed by atoms with Crippen molar-refractivity contribution in [2.24, 2.45) is 5.92 Å². The normalized spacial score (nSPS) is 29.7. The smallest absolute Gasteiger partial charge is 0.127 e. The van der Waals surface area contributed by atoms with Crippen molar-refractivity contribution in [3.63, 3.8) is 0 Å². The molecule has 1 heterocycles. The first-order valence-electron chi connectivity index (χ1n) is 8.32. The highest BCUT2D eigenvalue weighted by Gasteiger charge is 2.53. The summed E-state index contributed by atoms with van der Waals surface area (Å²) in [5.41, 5.74) is 2.15. The molecule has 3 heteroatoms. The van der Waals surface area contributed by atoms with Crippen molar-refractivity contribution in [1.29, 1.82) is 0 Å². The lowest BCUT2D eigenvalue weighted by Gasteiger charge is -2.23. The van der Waals surface area contributed by atoms with Gasteiger partial charge in [-0.15, -0.1) is 0 Å². The van der Waals surface area contributed by atoms with E-state index in [1.807, 2.05) is 60.7 Å². The first kappa shape index (κ1) is 14.8. The first-order valence-corrected chi connectivity index (χ1v) is 10.3. The van der Waals surface area contributed by atoms with Crippen LogP contribution in [0.25, 0.3) is 5.31 Å². The molecule has 2 nitrogen and oxygen atoms in total. The molecule has 0 bridgehead atoms. The summed E-state index contributed by atoms with van der Waals surface area (Å²) >= 11 is 0. The first-order chi connectivity index (χ1) is 11.2. The summed E-state index contributed by atoms with van der Waals surface area (Å²) in [6.45, 7) is 0. The Morgan fingerprint density at radius 2 is 1.61 bits per heavy atom. The van der Waals surface area contributed by atoms with Crippen molar-refractivity contribution in [2.45, 2.75) is 31.1 Å². The minimum absolute atomic E-state index is 0.0970. The Hall–Kier alpha value is -1.79. The van der Waals surface area contributed by atoms with E-state index in [-0.39, 0.29) is 11.6 Å². The van der Waals surface area contributed by atoms with E-state index in [1.54, 1.807) is 0 Å². The van der Waals surface area contributed by atoms with E-state index in [0.717, 1.165) is 35.7 Å². The molecule has 2 aliphatic rings. The topological polar surface area (TPSA) is 37.3 Å². The molecule has 118 valence electrons. The van der Waals surface area contributed by atoms with Gasteiger partial charge in [0.05, 0.1) is 5.31 Å². The van der Waals surface area contributed by atoms with Crippen molar-refractivity contribution in [2.75, 3.05) is 0 Å². The standard InChI is InChI=1S/C20H21O2P/c21-19-17-12-7-13-18(17)23(22,14-15-8-3-1-4-9-15)20(19)16-10-5-2-6-11-16/h1-6,8-11,17-18,21H,7,12-14H2/t17-,18-,23+/m0/s1. The molecule has 2 aromatic rings. The Morgan fingerprint density at radius 3 is 2.30 bits per heavy atom. The number of benzene rings is 2.